The smallest absolute Gasteiger partial charge is 0.249 e. The number of hydrogen-bond acceptors (Lipinski definition) is 5. The molecular formula is C15H10F3N5. The van der Waals surface area contributed by atoms with Crippen LogP contribution >= 0.6 is 0 Å². The molecule has 0 atom stereocenters. The number of nitrogens with one attached hydrogen (secondary N) is 2. The third-order valence-electron chi connectivity index (χ3n) is 2.83. The summed E-state index contributed by atoms with van der Waals surface area (Å²) in [5, 5.41) is 12.9. The molecule has 0 unspecified atom stereocenters. The zero-order valence-electron chi connectivity index (χ0n) is 11.6. The molecule has 0 aliphatic rings. The summed E-state index contributed by atoms with van der Waals surface area (Å²) >= 11 is 0. The maximum Gasteiger partial charge on any atom is 0.249 e. The number of aromatic nitrogens is 3. The monoisotopic (exact) mass is 317 g/mol. The molecule has 1 heterocycles. The molecular weight excluding hydrogens is 307 g/mol. The van der Waals surface area contributed by atoms with Crippen LogP contribution in [0.25, 0.3) is 0 Å². The van der Waals surface area contributed by atoms with Crippen molar-refractivity contribution in [2.75, 3.05) is 10.6 Å². The van der Waals surface area contributed by atoms with E-state index >= 15 is 0 Å². The third-order valence-corrected chi connectivity index (χ3v) is 2.83. The Morgan fingerprint density at radius 2 is 1.70 bits per heavy atom. The summed E-state index contributed by atoms with van der Waals surface area (Å²) in [5.41, 5.74) is 0.487. The molecule has 5 nitrogen and oxygen atoms in total. The zero-order valence-corrected chi connectivity index (χ0v) is 11.6. The van der Waals surface area contributed by atoms with E-state index in [-0.39, 0.29) is 17.5 Å². The number of halogens is 3. The molecule has 0 aliphatic carbocycles. The lowest BCUT2D eigenvalue weighted by Gasteiger charge is -2.08. The van der Waals surface area contributed by atoms with Crippen LogP contribution in [0.4, 0.5) is 36.3 Å². The van der Waals surface area contributed by atoms with Crippen LogP contribution in [-0.2, 0) is 0 Å². The molecule has 3 rings (SSSR count). The average Bonchev–Trinajstić information content (AvgIpc) is 2.51. The summed E-state index contributed by atoms with van der Waals surface area (Å²) in [6.07, 6.45) is 1.33. The van der Waals surface area contributed by atoms with Gasteiger partial charge in [-0.3, -0.25) is 0 Å². The van der Waals surface area contributed by atoms with E-state index in [0.717, 1.165) is 12.1 Å². The maximum absolute atomic E-state index is 13.6. The van der Waals surface area contributed by atoms with E-state index < -0.39 is 17.5 Å². The Kier molecular flexibility index (Phi) is 4.05. The van der Waals surface area contributed by atoms with Gasteiger partial charge < -0.3 is 10.6 Å². The van der Waals surface area contributed by atoms with Crippen molar-refractivity contribution in [1.82, 2.24) is 15.2 Å². The lowest BCUT2D eigenvalue weighted by atomic mass is 10.3. The van der Waals surface area contributed by atoms with Gasteiger partial charge in [0.15, 0.2) is 5.82 Å². The largest absolute Gasteiger partial charge is 0.339 e. The van der Waals surface area contributed by atoms with Crippen molar-refractivity contribution in [3.8, 4) is 0 Å². The molecule has 0 saturated carbocycles. The Morgan fingerprint density at radius 1 is 0.870 bits per heavy atom. The fourth-order valence-electron chi connectivity index (χ4n) is 1.84. The molecule has 3 aromatic rings. The van der Waals surface area contributed by atoms with Crippen LogP contribution in [0.3, 0.4) is 0 Å². The highest BCUT2D eigenvalue weighted by Gasteiger charge is 2.07. The topological polar surface area (TPSA) is 62.7 Å². The second kappa shape index (κ2) is 6.30. The van der Waals surface area contributed by atoms with Crippen LogP contribution < -0.4 is 10.6 Å². The maximum atomic E-state index is 13.6. The Hall–Kier alpha value is -3.16. The predicted molar refractivity (Wildman–Crippen MR) is 79.2 cm³/mol. The van der Waals surface area contributed by atoms with Gasteiger partial charge in [0.25, 0.3) is 0 Å². The molecule has 0 saturated heterocycles. The van der Waals surface area contributed by atoms with Crippen molar-refractivity contribution < 1.29 is 13.2 Å². The second-order valence-corrected chi connectivity index (χ2v) is 4.55. The first-order valence-electron chi connectivity index (χ1n) is 6.54. The van der Waals surface area contributed by atoms with Crippen molar-refractivity contribution >= 4 is 23.1 Å². The average molecular weight is 317 g/mol. The van der Waals surface area contributed by atoms with Crippen molar-refractivity contribution in [3.63, 3.8) is 0 Å². The van der Waals surface area contributed by atoms with Crippen LogP contribution in [0.5, 0.6) is 0 Å². The Balaban J connectivity index is 1.79. The molecule has 2 aromatic carbocycles. The highest BCUT2D eigenvalue weighted by atomic mass is 19.1. The third kappa shape index (κ3) is 3.73. The summed E-state index contributed by atoms with van der Waals surface area (Å²) < 4.78 is 39.6. The molecule has 0 spiro atoms. The van der Waals surface area contributed by atoms with Crippen molar-refractivity contribution in [2.24, 2.45) is 0 Å². The summed E-state index contributed by atoms with van der Waals surface area (Å²) in [6.45, 7) is 0. The molecule has 0 bridgehead atoms. The number of benzene rings is 2. The molecule has 8 heteroatoms. The Bertz CT molecular complexity index is 841. The van der Waals surface area contributed by atoms with Crippen molar-refractivity contribution in [2.45, 2.75) is 0 Å². The van der Waals surface area contributed by atoms with Crippen LogP contribution in [0.2, 0.25) is 0 Å². The van der Waals surface area contributed by atoms with Crippen molar-refractivity contribution in [3.05, 3.63) is 66.1 Å². The van der Waals surface area contributed by atoms with E-state index in [1.54, 1.807) is 12.1 Å². The Labute approximate surface area is 129 Å². The van der Waals surface area contributed by atoms with Crippen LogP contribution in [0.15, 0.2) is 48.7 Å². The van der Waals surface area contributed by atoms with Gasteiger partial charge in [-0.2, -0.15) is 10.1 Å². The van der Waals surface area contributed by atoms with E-state index in [1.165, 1.54) is 24.4 Å². The van der Waals surface area contributed by atoms with Gasteiger partial charge in [-0.25, -0.2) is 13.2 Å². The summed E-state index contributed by atoms with van der Waals surface area (Å²) in [6, 6.07) is 8.86. The molecule has 0 amide bonds. The van der Waals surface area contributed by atoms with Gasteiger partial charge >= 0.3 is 0 Å². The minimum absolute atomic E-state index is 0.0103. The molecule has 0 aliphatic heterocycles. The highest BCUT2D eigenvalue weighted by Crippen LogP contribution is 2.20. The Morgan fingerprint density at radius 3 is 2.48 bits per heavy atom. The standard InChI is InChI=1S/C15H10F3N5/c16-9-2-1-3-11(6-9)20-14-8-19-23-15(22-14)21-13-5-4-10(17)7-12(13)18/h1-8H,(H2,20,21,22,23). The second-order valence-electron chi connectivity index (χ2n) is 4.55. The van der Waals surface area contributed by atoms with Gasteiger partial charge in [0, 0.05) is 11.8 Å². The quantitative estimate of drug-likeness (QED) is 0.767. The van der Waals surface area contributed by atoms with Gasteiger partial charge in [-0.15, -0.1) is 5.10 Å². The van der Waals surface area contributed by atoms with E-state index in [9.17, 15) is 13.2 Å². The SMILES string of the molecule is Fc1cccc(Nc2cnnc(Nc3ccc(F)cc3F)n2)c1. The van der Waals surface area contributed by atoms with E-state index in [0.29, 0.717) is 5.69 Å². The fraction of sp³-hybridized carbons (Fsp3) is 0. The minimum atomic E-state index is -0.780. The van der Waals surface area contributed by atoms with E-state index in [2.05, 4.69) is 25.8 Å². The van der Waals surface area contributed by atoms with E-state index in [4.69, 9.17) is 0 Å². The normalized spacial score (nSPS) is 10.4. The highest BCUT2D eigenvalue weighted by molar-refractivity contribution is 5.58. The number of nitrogens with zero attached hydrogens (tertiary/aromatic N) is 3. The molecule has 0 radical (unpaired) electrons. The van der Waals surface area contributed by atoms with Crippen molar-refractivity contribution in [1.29, 1.82) is 0 Å². The first kappa shape index (κ1) is 14.8. The summed E-state index contributed by atoms with van der Waals surface area (Å²) in [4.78, 5) is 4.08. The molecule has 116 valence electrons. The zero-order chi connectivity index (χ0) is 16.2. The van der Waals surface area contributed by atoms with Crippen LogP contribution in [-0.4, -0.2) is 15.2 Å². The lowest BCUT2D eigenvalue weighted by Crippen LogP contribution is -2.03. The summed E-state index contributed by atoms with van der Waals surface area (Å²) in [5.74, 6) is -1.57. The first-order chi connectivity index (χ1) is 11.1. The number of hydrogen-bond donors (Lipinski definition) is 2. The predicted octanol–water partition coefficient (Wildman–Crippen LogP) is 3.78. The minimum Gasteiger partial charge on any atom is -0.339 e. The van der Waals surface area contributed by atoms with Gasteiger partial charge in [0.05, 0.1) is 11.9 Å². The number of anilines is 4. The van der Waals surface area contributed by atoms with Gasteiger partial charge in [0.2, 0.25) is 5.95 Å². The van der Waals surface area contributed by atoms with Gasteiger partial charge in [0.1, 0.15) is 17.5 Å². The van der Waals surface area contributed by atoms with Gasteiger partial charge in [-0.05, 0) is 30.3 Å². The van der Waals surface area contributed by atoms with Gasteiger partial charge in [-0.1, -0.05) is 6.07 Å². The molecule has 2 N–H and O–H groups in total. The molecule has 1 aromatic heterocycles. The van der Waals surface area contributed by atoms with Crippen LogP contribution in [0.1, 0.15) is 0 Å². The fourth-order valence-corrected chi connectivity index (χ4v) is 1.84. The lowest BCUT2D eigenvalue weighted by molar-refractivity contribution is 0.586. The van der Waals surface area contributed by atoms with E-state index in [1.807, 2.05) is 0 Å². The first-order valence-corrected chi connectivity index (χ1v) is 6.54. The molecule has 0 fully saturated rings. The molecule has 23 heavy (non-hydrogen) atoms. The summed E-state index contributed by atoms with van der Waals surface area (Å²) in [7, 11) is 0. The number of rotatable bonds is 4. The van der Waals surface area contributed by atoms with Crippen LogP contribution in [0, 0.1) is 17.5 Å².